The maximum Gasteiger partial charge on any atom is 0.416 e. The second-order valence-electron chi connectivity index (χ2n) is 5.84. The van der Waals surface area contributed by atoms with Crippen molar-refractivity contribution in [3.8, 4) is 5.75 Å². The molecular formula is C18H15F3N6O2S. The van der Waals surface area contributed by atoms with Gasteiger partial charge in [0, 0.05) is 5.69 Å². The molecule has 0 fully saturated rings. The van der Waals surface area contributed by atoms with Gasteiger partial charge in [-0.1, -0.05) is 17.8 Å². The molecule has 0 aliphatic carbocycles. The first-order valence-corrected chi connectivity index (χ1v) is 9.38. The van der Waals surface area contributed by atoms with Gasteiger partial charge in [0.2, 0.25) is 17.0 Å². The number of benzene rings is 2. The van der Waals surface area contributed by atoms with Gasteiger partial charge in [0.15, 0.2) is 0 Å². The molecule has 0 spiro atoms. The summed E-state index contributed by atoms with van der Waals surface area (Å²) >= 11 is 1.00. The number of hydrogen-bond acceptors (Lipinski definition) is 7. The minimum Gasteiger partial charge on any atom is -0.508 e. The third kappa shape index (κ3) is 6.24. The van der Waals surface area contributed by atoms with E-state index in [0.29, 0.717) is 0 Å². The number of thioether (sulfide) groups is 1. The molecule has 1 aromatic heterocycles. The standard InChI is InChI=1S/C18H15F3N6O2S/c19-18(20,21)12-2-1-3-13(8-12)23-15(29)10-30-17-24-16(26-27-17)25-22-9-11-4-6-14(28)7-5-11/h1-9,28H,10H2,(H,23,29)(H2,24,25,26,27)/b22-9+. The fraction of sp³-hybridized carbons (Fsp3) is 0.111. The Hall–Kier alpha value is -3.54. The lowest BCUT2D eigenvalue weighted by molar-refractivity contribution is -0.137. The van der Waals surface area contributed by atoms with Gasteiger partial charge in [-0.25, -0.2) is 10.5 Å². The number of aromatic nitrogens is 3. The van der Waals surface area contributed by atoms with E-state index < -0.39 is 17.6 Å². The largest absolute Gasteiger partial charge is 0.508 e. The van der Waals surface area contributed by atoms with Crippen molar-refractivity contribution in [2.75, 3.05) is 16.5 Å². The van der Waals surface area contributed by atoms with Crippen molar-refractivity contribution in [2.45, 2.75) is 11.3 Å². The molecule has 2 aromatic carbocycles. The lowest BCUT2D eigenvalue weighted by Crippen LogP contribution is -2.15. The first kappa shape index (κ1) is 21.2. The summed E-state index contributed by atoms with van der Waals surface area (Å²) in [5.74, 6) is -0.200. The van der Waals surface area contributed by atoms with Crippen LogP contribution in [-0.4, -0.2) is 38.2 Å². The van der Waals surface area contributed by atoms with Crippen LogP contribution in [0.1, 0.15) is 11.1 Å². The number of aromatic amines is 1. The van der Waals surface area contributed by atoms with Gasteiger partial charge in [0.05, 0.1) is 17.5 Å². The molecule has 0 unspecified atom stereocenters. The molecule has 0 atom stereocenters. The van der Waals surface area contributed by atoms with Crippen LogP contribution >= 0.6 is 11.8 Å². The zero-order valence-corrected chi connectivity index (χ0v) is 16.0. The topological polar surface area (TPSA) is 115 Å². The van der Waals surface area contributed by atoms with Crippen LogP contribution in [0.4, 0.5) is 24.8 Å². The predicted molar refractivity (Wildman–Crippen MR) is 107 cm³/mol. The van der Waals surface area contributed by atoms with Gasteiger partial charge in [-0.2, -0.15) is 23.3 Å². The van der Waals surface area contributed by atoms with Crippen molar-refractivity contribution >= 4 is 35.5 Å². The highest BCUT2D eigenvalue weighted by atomic mass is 32.2. The van der Waals surface area contributed by atoms with Crippen LogP contribution < -0.4 is 10.7 Å². The molecule has 3 aromatic rings. The summed E-state index contributed by atoms with van der Waals surface area (Å²) in [5.41, 5.74) is 2.59. The summed E-state index contributed by atoms with van der Waals surface area (Å²) in [5, 5.41) is 22.4. The predicted octanol–water partition coefficient (Wildman–Crippen LogP) is 3.71. The van der Waals surface area contributed by atoms with Crippen LogP contribution in [0.3, 0.4) is 0 Å². The molecular weight excluding hydrogens is 421 g/mol. The van der Waals surface area contributed by atoms with Crippen molar-refractivity contribution in [3.05, 3.63) is 59.7 Å². The number of aromatic hydroxyl groups is 1. The zero-order valence-electron chi connectivity index (χ0n) is 15.1. The number of nitrogens with one attached hydrogen (secondary N) is 3. The summed E-state index contributed by atoms with van der Waals surface area (Å²) in [6.45, 7) is 0. The van der Waals surface area contributed by atoms with Crippen molar-refractivity contribution in [1.29, 1.82) is 0 Å². The molecule has 1 amide bonds. The Morgan fingerprint density at radius 1 is 1.23 bits per heavy atom. The average Bonchev–Trinajstić information content (AvgIpc) is 3.15. The van der Waals surface area contributed by atoms with Crippen LogP contribution in [0.5, 0.6) is 5.75 Å². The molecule has 0 aliphatic rings. The van der Waals surface area contributed by atoms with E-state index in [1.807, 2.05) is 0 Å². The zero-order chi connectivity index (χ0) is 21.6. The number of nitrogens with zero attached hydrogens (tertiary/aromatic N) is 3. The van der Waals surface area contributed by atoms with Crippen molar-refractivity contribution in [2.24, 2.45) is 5.10 Å². The number of halogens is 3. The Balaban J connectivity index is 1.48. The number of amides is 1. The average molecular weight is 436 g/mol. The third-order valence-electron chi connectivity index (χ3n) is 3.55. The maximum atomic E-state index is 12.7. The summed E-state index contributed by atoms with van der Waals surface area (Å²) in [6.07, 6.45) is -2.97. The molecule has 30 heavy (non-hydrogen) atoms. The van der Waals surface area contributed by atoms with E-state index in [4.69, 9.17) is 0 Å². The number of H-pyrrole nitrogens is 1. The van der Waals surface area contributed by atoms with E-state index in [2.05, 4.69) is 31.0 Å². The van der Waals surface area contributed by atoms with E-state index in [1.165, 1.54) is 30.5 Å². The van der Waals surface area contributed by atoms with Crippen molar-refractivity contribution < 1.29 is 23.1 Å². The van der Waals surface area contributed by atoms with E-state index >= 15 is 0 Å². The summed E-state index contributed by atoms with van der Waals surface area (Å²) < 4.78 is 38.1. The Kier molecular flexibility index (Phi) is 6.57. The number of carbonyl (C=O) groups is 1. The first-order valence-electron chi connectivity index (χ1n) is 8.40. The highest BCUT2D eigenvalue weighted by Crippen LogP contribution is 2.30. The number of hydrazone groups is 1. The Bertz CT molecular complexity index is 1040. The smallest absolute Gasteiger partial charge is 0.416 e. The highest BCUT2D eigenvalue weighted by molar-refractivity contribution is 7.99. The SMILES string of the molecule is O=C(CSc1n[nH]c(N/N=C/c2ccc(O)cc2)n1)Nc1cccc(C(F)(F)F)c1. The van der Waals surface area contributed by atoms with Gasteiger partial charge in [-0.15, -0.1) is 5.10 Å². The number of alkyl halides is 3. The lowest BCUT2D eigenvalue weighted by Gasteiger charge is -2.09. The Morgan fingerprint density at radius 2 is 2.00 bits per heavy atom. The molecule has 156 valence electrons. The van der Waals surface area contributed by atoms with Gasteiger partial charge in [0.25, 0.3) is 0 Å². The number of phenols is 1. The second kappa shape index (κ2) is 9.31. The molecule has 8 nitrogen and oxygen atoms in total. The van der Waals surface area contributed by atoms with Gasteiger partial charge in [-0.05, 0) is 48.0 Å². The molecule has 0 saturated carbocycles. The van der Waals surface area contributed by atoms with E-state index in [1.54, 1.807) is 12.1 Å². The minimum atomic E-state index is -4.48. The number of anilines is 2. The van der Waals surface area contributed by atoms with Crippen LogP contribution in [0, 0.1) is 0 Å². The molecule has 12 heteroatoms. The van der Waals surface area contributed by atoms with Crippen LogP contribution in [0.2, 0.25) is 0 Å². The molecule has 1 heterocycles. The van der Waals surface area contributed by atoms with Gasteiger partial charge in [-0.3, -0.25) is 4.79 Å². The summed E-state index contributed by atoms with van der Waals surface area (Å²) in [6, 6.07) is 10.8. The fourth-order valence-electron chi connectivity index (χ4n) is 2.19. The second-order valence-corrected chi connectivity index (χ2v) is 6.79. The monoisotopic (exact) mass is 436 g/mol. The van der Waals surface area contributed by atoms with Crippen LogP contribution in [-0.2, 0) is 11.0 Å². The van der Waals surface area contributed by atoms with Crippen LogP contribution in [0.25, 0.3) is 0 Å². The molecule has 0 bridgehead atoms. The molecule has 0 radical (unpaired) electrons. The quantitative estimate of drug-likeness (QED) is 0.255. The fourth-order valence-corrected chi connectivity index (χ4v) is 2.79. The number of rotatable bonds is 7. The van der Waals surface area contributed by atoms with E-state index in [-0.39, 0.29) is 28.3 Å². The summed E-state index contributed by atoms with van der Waals surface area (Å²) in [4.78, 5) is 16.1. The molecule has 0 saturated heterocycles. The van der Waals surface area contributed by atoms with Gasteiger partial charge >= 0.3 is 6.18 Å². The van der Waals surface area contributed by atoms with Crippen molar-refractivity contribution in [1.82, 2.24) is 15.2 Å². The van der Waals surface area contributed by atoms with E-state index in [0.717, 1.165) is 29.5 Å². The highest BCUT2D eigenvalue weighted by Gasteiger charge is 2.30. The molecule has 0 aliphatic heterocycles. The number of carbonyl (C=O) groups excluding carboxylic acids is 1. The molecule has 3 rings (SSSR count). The lowest BCUT2D eigenvalue weighted by atomic mass is 10.2. The molecule has 4 N–H and O–H groups in total. The number of phenolic OH excluding ortho intramolecular Hbond substituents is 1. The normalized spacial score (nSPS) is 11.6. The van der Waals surface area contributed by atoms with E-state index in [9.17, 15) is 23.1 Å². The van der Waals surface area contributed by atoms with Crippen LogP contribution in [0.15, 0.2) is 58.8 Å². The Labute approximate surface area is 172 Å². The third-order valence-corrected chi connectivity index (χ3v) is 4.40. The maximum absolute atomic E-state index is 12.7. The van der Waals surface area contributed by atoms with Gasteiger partial charge < -0.3 is 10.4 Å². The number of hydrogen-bond donors (Lipinski definition) is 4. The van der Waals surface area contributed by atoms with Crippen molar-refractivity contribution in [3.63, 3.8) is 0 Å². The summed E-state index contributed by atoms with van der Waals surface area (Å²) in [7, 11) is 0. The first-order chi connectivity index (χ1) is 14.3. The Morgan fingerprint density at radius 3 is 2.73 bits per heavy atom. The van der Waals surface area contributed by atoms with Gasteiger partial charge in [0.1, 0.15) is 5.75 Å². The minimum absolute atomic E-state index is 0.0522.